The number of methoxy groups -OCH3 is 1. The minimum Gasteiger partial charge on any atom is -0.495 e. The molecule has 0 radical (unpaired) electrons. The summed E-state index contributed by atoms with van der Waals surface area (Å²) in [5.41, 5.74) is 0.991. The van der Waals surface area contributed by atoms with Crippen molar-refractivity contribution in [2.75, 3.05) is 32.1 Å². The molecule has 1 aromatic rings. The highest BCUT2D eigenvalue weighted by molar-refractivity contribution is 6.30. The molecule has 21 heavy (non-hydrogen) atoms. The Labute approximate surface area is 133 Å². The summed E-state index contributed by atoms with van der Waals surface area (Å²) in [6, 6.07) is 6.14. The van der Waals surface area contributed by atoms with E-state index in [0.29, 0.717) is 12.0 Å². The van der Waals surface area contributed by atoms with E-state index in [9.17, 15) is 0 Å². The van der Waals surface area contributed by atoms with Crippen LogP contribution in [0.3, 0.4) is 0 Å². The first-order valence-corrected chi connectivity index (χ1v) is 8.34. The number of hydrogen-bond donors (Lipinski definition) is 1. The molecule has 0 bridgehead atoms. The minimum absolute atomic E-state index is 0.414. The van der Waals surface area contributed by atoms with Crippen molar-refractivity contribution in [1.29, 1.82) is 0 Å². The van der Waals surface area contributed by atoms with Gasteiger partial charge < -0.3 is 15.0 Å². The molecule has 2 atom stereocenters. The van der Waals surface area contributed by atoms with Gasteiger partial charge in [0.25, 0.3) is 0 Å². The maximum absolute atomic E-state index is 6.10. The smallest absolute Gasteiger partial charge is 0.142 e. The molecule has 3 nitrogen and oxygen atoms in total. The molecule has 1 N–H and O–H groups in total. The van der Waals surface area contributed by atoms with Crippen LogP contribution in [0.2, 0.25) is 5.02 Å². The van der Waals surface area contributed by atoms with E-state index < -0.39 is 0 Å². The Morgan fingerprint density at radius 1 is 1.48 bits per heavy atom. The third kappa shape index (κ3) is 4.52. The fraction of sp³-hybridized carbons (Fsp3) is 0.647. The van der Waals surface area contributed by atoms with Crippen LogP contribution >= 0.6 is 11.6 Å². The van der Waals surface area contributed by atoms with Crippen LogP contribution in [0.4, 0.5) is 5.69 Å². The first kappa shape index (κ1) is 16.4. The molecular formula is C17H27ClN2O. The van der Waals surface area contributed by atoms with E-state index >= 15 is 0 Å². The van der Waals surface area contributed by atoms with Crippen LogP contribution in [0.1, 0.15) is 33.1 Å². The van der Waals surface area contributed by atoms with Crippen LogP contribution in [-0.4, -0.2) is 37.7 Å². The van der Waals surface area contributed by atoms with Crippen molar-refractivity contribution in [1.82, 2.24) is 4.90 Å². The van der Waals surface area contributed by atoms with E-state index in [2.05, 4.69) is 24.1 Å². The summed E-state index contributed by atoms with van der Waals surface area (Å²) in [5.74, 6) is 1.53. The lowest BCUT2D eigenvalue weighted by Crippen LogP contribution is -2.42. The second-order valence-corrected chi connectivity index (χ2v) is 6.42. The first-order valence-electron chi connectivity index (χ1n) is 7.96. The summed E-state index contributed by atoms with van der Waals surface area (Å²) in [4.78, 5) is 2.58. The van der Waals surface area contributed by atoms with Crippen LogP contribution in [0.5, 0.6) is 5.75 Å². The standard InChI is InChI=1S/C17H27ClN2O/c1-4-9-20-10-5-6-14(12-20)13(2)19-16-11-15(18)7-8-17(16)21-3/h7-8,11,13-14,19H,4-6,9-10,12H2,1-3H3. The number of anilines is 1. The predicted octanol–water partition coefficient (Wildman–Crippen LogP) is 4.27. The molecule has 1 heterocycles. The second kappa shape index (κ2) is 7.90. The third-order valence-corrected chi connectivity index (χ3v) is 4.57. The van der Waals surface area contributed by atoms with Gasteiger partial charge in [0, 0.05) is 17.6 Å². The van der Waals surface area contributed by atoms with Crippen molar-refractivity contribution in [3.63, 3.8) is 0 Å². The number of nitrogens with one attached hydrogen (secondary N) is 1. The molecule has 0 saturated carbocycles. The summed E-state index contributed by atoms with van der Waals surface area (Å²) in [6.45, 7) is 8.16. The molecule has 1 fully saturated rings. The number of halogens is 1. The maximum Gasteiger partial charge on any atom is 0.142 e. The van der Waals surface area contributed by atoms with Crippen molar-refractivity contribution in [3.05, 3.63) is 23.2 Å². The molecule has 0 aromatic heterocycles. The normalized spacial score (nSPS) is 21.0. The Morgan fingerprint density at radius 3 is 3.00 bits per heavy atom. The van der Waals surface area contributed by atoms with Gasteiger partial charge in [-0.05, 0) is 63.4 Å². The molecule has 1 aromatic carbocycles. The number of ether oxygens (including phenoxy) is 1. The van der Waals surface area contributed by atoms with Gasteiger partial charge in [0.15, 0.2) is 0 Å². The molecule has 2 rings (SSSR count). The lowest BCUT2D eigenvalue weighted by molar-refractivity contribution is 0.165. The number of nitrogens with zero attached hydrogens (tertiary/aromatic N) is 1. The summed E-state index contributed by atoms with van der Waals surface area (Å²) >= 11 is 6.10. The van der Waals surface area contributed by atoms with Crippen LogP contribution in [0, 0.1) is 5.92 Å². The highest BCUT2D eigenvalue weighted by Gasteiger charge is 2.24. The Kier molecular flexibility index (Phi) is 6.19. The van der Waals surface area contributed by atoms with Gasteiger partial charge in [-0.25, -0.2) is 0 Å². The zero-order valence-corrected chi connectivity index (χ0v) is 14.1. The van der Waals surface area contributed by atoms with Crippen molar-refractivity contribution in [2.24, 2.45) is 5.92 Å². The average molecular weight is 311 g/mol. The fourth-order valence-corrected chi connectivity index (χ4v) is 3.35. The number of benzene rings is 1. The Morgan fingerprint density at radius 2 is 2.29 bits per heavy atom. The fourth-order valence-electron chi connectivity index (χ4n) is 3.17. The van der Waals surface area contributed by atoms with Gasteiger partial charge >= 0.3 is 0 Å². The van der Waals surface area contributed by atoms with Crippen molar-refractivity contribution < 1.29 is 4.74 Å². The largest absolute Gasteiger partial charge is 0.495 e. The Bertz CT molecular complexity index is 450. The summed E-state index contributed by atoms with van der Waals surface area (Å²) in [6.07, 6.45) is 3.82. The van der Waals surface area contributed by atoms with Gasteiger partial charge in [-0.15, -0.1) is 0 Å². The number of hydrogen-bond acceptors (Lipinski definition) is 3. The molecule has 1 aliphatic rings. The lowest BCUT2D eigenvalue weighted by Gasteiger charge is -2.36. The van der Waals surface area contributed by atoms with E-state index in [1.165, 1.54) is 38.9 Å². The number of piperidine rings is 1. The second-order valence-electron chi connectivity index (χ2n) is 5.98. The van der Waals surface area contributed by atoms with Gasteiger partial charge in [0.2, 0.25) is 0 Å². The monoisotopic (exact) mass is 310 g/mol. The average Bonchev–Trinajstić information content (AvgIpc) is 2.48. The zero-order chi connectivity index (χ0) is 15.2. The Balaban J connectivity index is 2.00. The van der Waals surface area contributed by atoms with E-state index in [4.69, 9.17) is 16.3 Å². The quantitative estimate of drug-likeness (QED) is 0.849. The molecule has 0 spiro atoms. The van der Waals surface area contributed by atoms with E-state index in [1.54, 1.807) is 7.11 Å². The SMILES string of the molecule is CCCN1CCCC(C(C)Nc2cc(Cl)ccc2OC)C1. The summed E-state index contributed by atoms with van der Waals surface area (Å²) in [5, 5.41) is 4.34. The number of rotatable bonds is 6. The van der Waals surface area contributed by atoms with Gasteiger partial charge in [0.1, 0.15) is 5.75 Å². The van der Waals surface area contributed by atoms with Crippen molar-refractivity contribution in [2.45, 2.75) is 39.2 Å². The summed E-state index contributed by atoms with van der Waals surface area (Å²) < 4.78 is 5.42. The maximum atomic E-state index is 6.10. The van der Waals surface area contributed by atoms with Crippen LogP contribution < -0.4 is 10.1 Å². The topological polar surface area (TPSA) is 24.5 Å². The van der Waals surface area contributed by atoms with Crippen molar-refractivity contribution >= 4 is 17.3 Å². The Hall–Kier alpha value is -0.930. The molecule has 2 unspecified atom stereocenters. The summed E-state index contributed by atoms with van der Waals surface area (Å²) in [7, 11) is 1.70. The van der Waals surface area contributed by atoms with E-state index in [0.717, 1.165) is 16.5 Å². The van der Waals surface area contributed by atoms with Gasteiger partial charge in [-0.3, -0.25) is 0 Å². The zero-order valence-electron chi connectivity index (χ0n) is 13.4. The van der Waals surface area contributed by atoms with E-state index in [-0.39, 0.29) is 0 Å². The molecule has 118 valence electrons. The highest BCUT2D eigenvalue weighted by atomic mass is 35.5. The minimum atomic E-state index is 0.414. The van der Waals surface area contributed by atoms with Gasteiger partial charge in [-0.2, -0.15) is 0 Å². The lowest BCUT2D eigenvalue weighted by atomic mass is 9.91. The van der Waals surface area contributed by atoms with Crippen LogP contribution in [0.25, 0.3) is 0 Å². The highest BCUT2D eigenvalue weighted by Crippen LogP contribution is 2.30. The molecule has 4 heteroatoms. The van der Waals surface area contributed by atoms with Gasteiger partial charge in [0.05, 0.1) is 12.8 Å². The molecular weight excluding hydrogens is 284 g/mol. The van der Waals surface area contributed by atoms with E-state index in [1.807, 2.05) is 18.2 Å². The molecule has 1 aliphatic heterocycles. The van der Waals surface area contributed by atoms with Crippen LogP contribution in [0.15, 0.2) is 18.2 Å². The molecule has 0 aliphatic carbocycles. The van der Waals surface area contributed by atoms with Gasteiger partial charge in [-0.1, -0.05) is 18.5 Å². The van der Waals surface area contributed by atoms with Crippen LogP contribution in [-0.2, 0) is 0 Å². The predicted molar refractivity (Wildman–Crippen MR) is 90.5 cm³/mol. The molecule has 1 saturated heterocycles. The third-order valence-electron chi connectivity index (χ3n) is 4.33. The number of likely N-dealkylation sites (tertiary alicyclic amines) is 1. The van der Waals surface area contributed by atoms with Crippen molar-refractivity contribution in [3.8, 4) is 5.75 Å². The first-order chi connectivity index (χ1) is 10.1. The molecule has 0 amide bonds.